The summed E-state index contributed by atoms with van der Waals surface area (Å²) in [5, 5.41) is 0. The second kappa shape index (κ2) is 5.42. The molecule has 7 heteroatoms. The van der Waals surface area contributed by atoms with Crippen LogP contribution in [0.2, 0.25) is 0 Å². The first-order valence-electron chi connectivity index (χ1n) is 4.47. The van der Waals surface area contributed by atoms with Gasteiger partial charge in [-0.3, -0.25) is 0 Å². The summed E-state index contributed by atoms with van der Waals surface area (Å²) in [6.07, 6.45) is -4.81. The zero-order valence-corrected chi connectivity index (χ0v) is 8.78. The average Bonchev–Trinajstić information content (AvgIpc) is 2.25. The van der Waals surface area contributed by atoms with Gasteiger partial charge in [-0.25, -0.2) is 4.79 Å². The van der Waals surface area contributed by atoms with Crippen molar-refractivity contribution in [3.8, 4) is 11.5 Å². The van der Waals surface area contributed by atoms with Crippen LogP contribution in [-0.4, -0.2) is 26.0 Å². The summed E-state index contributed by atoms with van der Waals surface area (Å²) < 4.78 is 48.9. The van der Waals surface area contributed by atoms with Crippen LogP contribution >= 0.6 is 0 Å². The van der Waals surface area contributed by atoms with Gasteiger partial charge in [0.25, 0.3) is 0 Å². The fourth-order valence-corrected chi connectivity index (χ4v) is 0.974. The summed E-state index contributed by atoms with van der Waals surface area (Å²) in [6, 6.07) is 5.14. The standard InChI is InChI=1S/C10H9F3O4/c1-15-9(14)6-16-7-4-2-3-5-8(7)17-10(11,12)13/h2-5H,6H2,1H3. The molecule has 0 N–H and O–H groups in total. The number of carbonyl (C=O) groups excluding carboxylic acids is 1. The molecule has 0 bridgehead atoms. The summed E-state index contributed by atoms with van der Waals surface area (Å²) in [5.41, 5.74) is 0. The molecule has 1 aromatic carbocycles. The van der Waals surface area contributed by atoms with Crippen LogP contribution in [0, 0.1) is 0 Å². The molecule has 0 radical (unpaired) electrons. The Morgan fingerprint density at radius 2 is 1.82 bits per heavy atom. The van der Waals surface area contributed by atoms with Crippen molar-refractivity contribution in [3.63, 3.8) is 0 Å². The van der Waals surface area contributed by atoms with Gasteiger partial charge in [-0.05, 0) is 12.1 Å². The monoisotopic (exact) mass is 250 g/mol. The van der Waals surface area contributed by atoms with Gasteiger partial charge in [0.1, 0.15) is 0 Å². The lowest BCUT2D eigenvalue weighted by atomic mass is 10.3. The van der Waals surface area contributed by atoms with Crippen LogP contribution in [0.15, 0.2) is 24.3 Å². The van der Waals surface area contributed by atoms with E-state index in [1.807, 2.05) is 0 Å². The molecule has 0 heterocycles. The molecule has 0 atom stereocenters. The molecule has 94 valence electrons. The zero-order chi connectivity index (χ0) is 12.9. The molecular formula is C10H9F3O4. The molecule has 1 rings (SSSR count). The summed E-state index contributed by atoms with van der Waals surface area (Å²) in [5.74, 6) is -1.40. The Morgan fingerprint density at radius 3 is 2.35 bits per heavy atom. The lowest BCUT2D eigenvalue weighted by molar-refractivity contribution is -0.275. The number of alkyl halides is 3. The minimum atomic E-state index is -4.81. The van der Waals surface area contributed by atoms with Gasteiger partial charge in [-0.15, -0.1) is 13.2 Å². The first-order chi connectivity index (χ1) is 7.92. The van der Waals surface area contributed by atoms with Crippen molar-refractivity contribution in [2.24, 2.45) is 0 Å². The maximum Gasteiger partial charge on any atom is 0.573 e. The van der Waals surface area contributed by atoms with E-state index in [0.717, 1.165) is 13.2 Å². The maximum absolute atomic E-state index is 12.0. The van der Waals surface area contributed by atoms with E-state index in [2.05, 4.69) is 9.47 Å². The van der Waals surface area contributed by atoms with Crippen molar-refractivity contribution in [1.29, 1.82) is 0 Å². The van der Waals surface area contributed by atoms with Crippen LogP contribution in [-0.2, 0) is 9.53 Å². The minimum Gasteiger partial charge on any atom is -0.478 e. The average molecular weight is 250 g/mol. The zero-order valence-electron chi connectivity index (χ0n) is 8.78. The first-order valence-corrected chi connectivity index (χ1v) is 4.47. The van der Waals surface area contributed by atoms with Crippen LogP contribution in [0.5, 0.6) is 11.5 Å². The van der Waals surface area contributed by atoms with E-state index in [4.69, 9.17) is 4.74 Å². The Hall–Kier alpha value is -1.92. The molecule has 0 unspecified atom stereocenters. The lowest BCUT2D eigenvalue weighted by Gasteiger charge is -2.13. The summed E-state index contributed by atoms with van der Waals surface area (Å²) >= 11 is 0. The Labute approximate surface area is 94.9 Å². The van der Waals surface area contributed by atoms with Gasteiger partial charge < -0.3 is 14.2 Å². The topological polar surface area (TPSA) is 44.8 Å². The molecule has 0 spiro atoms. The fourth-order valence-electron chi connectivity index (χ4n) is 0.974. The number of methoxy groups -OCH3 is 1. The summed E-state index contributed by atoms with van der Waals surface area (Å²) in [4.78, 5) is 10.8. The highest BCUT2D eigenvalue weighted by molar-refractivity contribution is 5.71. The summed E-state index contributed by atoms with van der Waals surface area (Å²) in [7, 11) is 1.14. The van der Waals surface area contributed by atoms with Gasteiger partial charge in [-0.2, -0.15) is 0 Å². The van der Waals surface area contributed by atoms with Crippen LogP contribution in [0.4, 0.5) is 13.2 Å². The number of hydrogen-bond acceptors (Lipinski definition) is 4. The normalized spacial score (nSPS) is 10.8. The molecule has 0 amide bonds. The van der Waals surface area contributed by atoms with Crippen molar-refractivity contribution >= 4 is 5.97 Å². The molecule has 0 aliphatic rings. The number of hydrogen-bond donors (Lipinski definition) is 0. The van der Waals surface area contributed by atoms with Crippen LogP contribution in [0.1, 0.15) is 0 Å². The van der Waals surface area contributed by atoms with E-state index in [9.17, 15) is 18.0 Å². The molecule has 0 aliphatic heterocycles. The summed E-state index contributed by atoms with van der Waals surface area (Å²) in [6.45, 7) is -0.491. The van der Waals surface area contributed by atoms with Gasteiger partial charge in [0, 0.05) is 0 Å². The van der Waals surface area contributed by atoms with Gasteiger partial charge in [0.2, 0.25) is 0 Å². The second-order valence-corrected chi connectivity index (χ2v) is 2.86. The Morgan fingerprint density at radius 1 is 1.24 bits per heavy atom. The van der Waals surface area contributed by atoms with Crippen molar-refractivity contribution in [3.05, 3.63) is 24.3 Å². The number of benzene rings is 1. The third-order valence-corrected chi connectivity index (χ3v) is 1.65. The minimum absolute atomic E-state index is 0.185. The molecule has 0 aliphatic carbocycles. The van der Waals surface area contributed by atoms with Gasteiger partial charge in [0.05, 0.1) is 7.11 Å². The Kier molecular flexibility index (Phi) is 4.19. The predicted molar refractivity (Wildman–Crippen MR) is 50.6 cm³/mol. The second-order valence-electron chi connectivity index (χ2n) is 2.86. The highest BCUT2D eigenvalue weighted by atomic mass is 19.4. The molecular weight excluding hydrogens is 241 g/mol. The van der Waals surface area contributed by atoms with Crippen LogP contribution < -0.4 is 9.47 Å². The molecule has 0 fully saturated rings. The van der Waals surface area contributed by atoms with Gasteiger partial charge in [0.15, 0.2) is 18.1 Å². The first kappa shape index (κ1) is 13.1. The van der Waals surface area contributed by atoms with Crippen molar-refractivity contribution in [1.82, 2.24) is 0 Å². The van der Waals surface area contributed by atoms with E-state index >= 15 is 0 Å². The predicted octanol–water partition coefficient (Wildman–Crippen LogP) is 2.14. The number of esters is 1. The van der Waals surface area contributed by atoms with Gasteiger partial charge in [-0.1, -0.05) is 12.1 Å². The molecule has 1 aromatic rings. The highest BCUT2D eigenvalue weighted by Gasteiger charge is 2.32. The highest BCUT2D eigenvalue weighted by Crippen LogP contribution is 2.31. The van der Waals surface area contributed by atoms with Crippen LogP contribution in [0.3, 0.4) is 0 Å². The quantitative estimate of drug-likeness (QED) is 0.768. The van der Waals surface area contributed by atoms with Crippen molar-refractivity contribution in [2.45, 2.75) is 6.36 Å². The third kappa shape index (κ3) is 4.62. The van der Waals surface area contributed by atoms with E-state index < -0.39 is 24.7 Å². The van der Waals surface area contributed by atoms with Gasteiger partial charge >= 0.3 is 12.3 Å². The van der Waals surface area contributed by atoms with E-state index in [-0.39, 0.29) is 5.75 Å². The largest absolute Gasteiger partial charge is 0.573 e. The Bertz CT molecular complexity index is 389. The van der Waals surface area contributed by atoms with Crippen molar-refractivity contribution in [2.75, 3.05) is 13.7 Å². The number of carbonyl (C=O) groups is 1. The number of halogens is 3. The fraction of sp³-hybridized carbons (Fsp3) is 0.300. The maximum atomic E-state index is 12.0. The van der Waals surface area contributed by atoms with E-state index in [0.29, 0.717) is 0 Å². The Balaban J connectivity index is 2.74. The smallest absolute Gasteiger partial charge is 0.478 e. The van der Waals surface area contributed by atoms with E-state index in [1.165, 1.54) is 18.2 Å². The SMILES string of the molecule is COC(=O)COc1ccccc1OC(F)(F)F. The number of para-hydroxylation sites is 2. The van der Waals surface area contributed by atoms with Crippen molar-refractivity contribution < 1.29 is 32.2 Å². The van der Waals surface area contributed by atoms with Crippen LogP contribution in [0.25, 0.3) is 0 Å². The number of rotatable bonds is 4. The third-order valence-electron chi connectivity index (χ3n) is 1.65. The molecule has 0 aromatic heterocycles. The lowest BCUT2D eigenvalue weighted by Crippen LogP contribution is -2.18. The molecule has 0 saturated heterocycles. The number of ether oxygens (including phenoxy) is 3. The van der Waals surface area contributed by atoms with E-state index in [1.54, 1.807) is 0 Å². The molecule has 4 nitrogen and oxygen atoms in total. The molecule has 17 heavy (non-hydrogen) atoms. The molecule has 0 saturated carbocycles.